The number of unbranched alkanes of at least 4 members (excludes halogenated alkanes) is 19. The van der Waals surface area contributed by atoms with Crippen molar-refractivity contribution in [2.75, 3.05) is 6.61 Å². The van der Waals surface area contributed by atoms with Gasteiger partial charge in [0.15, 0.2) is 0 Å². The number of rotatable bonds is 38. The molecule has 53 heavy (non-hydrogen) atoms. The second-order valence-electron chi connectivity index (χ2n) is 14.8. The van der Waals surface area contributed by atoms with Crippen molar-refractivity contribution in [3.63, 3.8) is 0 Å². The van der Waals surface area contributed by atoms with Gasteiger partial charge in [0, 0.05) is 6.42 Å². The van der Waals surface area contributed by atoms with Crippen LogP contribution in [0.4, 0.5) is 0 Å². The van der Waals surface area contributed by atoms with Crippen LogP contribution in [0, 0.1) is 0 Å². The number of aliphatic hydroxyl groups excluding tert-OH is 2. The second-order valence-corrected chi connectivity index (χ2v) is 14.8. The van der Waals surface area contributed by atoms with Gasteiger partial charge in [-0.05, 0) is 64.2 Å². The first-order valence-corrected chi connectivity index (χ1v) is 22.1. The summed E-state index contributed by atoms with van der Waals surface area (Å²) in [7, 11) is 0. The van der Waals surface area contributed by atoms with E-state index in [0.29, 0.717) is 19.3 Å². The summed E-state index contributed by atoms with van der Waals surface area (Å²) in [6.07, 6.45) is 48.6. The first-order valence-electron chi connectivity index (χ1n) is 22.1. The predicted molar refractivity (Wildman–Crippen MR) is 227 cm³/mol. The topological polar surface area (TPSA) is 95.9 Å². The molecule has 0 aromatic carbocycles. The molecule has 0 spiro atoms. The molecule has 0 bridgehead atoms. The van der Waals surface area contributed by atoms with Crippen molar-refractivity contribution in [1.82, 2.24) is 5.32 Å². The molecular formula is C47H83NO5. The molecule has 0 aliphatic heterocycles. The van der Waals surface area contributed by atoms with Crippen LogP contribution in [0.5, 0.6) is 0 Å². The average Bonchev–Trinajstić information content (AvgIpc) is 3.15. The highest BCUT2D eigenvalue weighted by molar-refractivity contribution is 5.77. The van der Waals surface area contributed by atoms with Crippen LogP contribution in [-0.2, 0) is 14.3 Å². The molecule has 3 N–H and O–H groups in total. The Morgan fingerprint density at radius 3 is 1.70 bits per heavy atom. The fraction of sp³-hybridized carbons (Fsp3) is 0.745. The lowest BCUT2D eigenvalue weighted by molar-refractivity contribution is -0.151. The van der Waals surface area contributed by atoms with Crippen molar-refractivity contribution < 1.29 is 24.5 Å². The zero-order valence-electron chi connectivity index (χ0n) is 34.6. The van der Waals surface area contributed by atoms with E-state index < -0.39 is 18.2 Å². The summed E-state index contributed by atoms with van der Waals surface area (Å²) < 4.78 is 5.86. The summed E-state index contributed by atoms with van der Waals surface area (Å²) in [5.41, 5.74) is 0. The number of ether oxygens (including phenoxy) is 1. The molecule has 0 saturated carbocycles. The Bertz CT molecular complexity index is 968. The molecule has 0 aromatic heterocycles. The highest BCUT2D eigenvalue weighted by Gasteiger charge is 2.24. The van der Waals surface area contributed by atoms with E-state index in [4.69, 9.17) is 4.74 Å². The van der Waals surface area contributed by atoms with Crippen LogP contribution < -0.4 is 5.32 Å². The highest BCUT2D eigenvalue weighted by Crippen LogP contribution is 2.17. The number of carbonyl (C=O) groups excluding carboxylic acids is 2. The van der Waals surface area contributed by atoms with Crippen LogP contribution in [-0.4, -0.2) is 46.9 Å². The molecule has 3 atom stereocenters. The molecule has 6 heteroatoms. The van der Waals surface area contributed by atoms with E-state index in [1.54, 1.807) is 0 Å². The van der Waals surface area contributed by atoms with Crippen molar-refractivity contribution in [2.24, 2.45) is 0 Å². The molecule has 0 aliphatic carbocycles. The van der Waals surface area contributed by atoms with Gasteiger partial charge in [0.25, 0.3) is 0 Å². The third-order valence-corrected chi connectivity index (χ3v) is 9.66. The van der Waals surface area contributed by atoms with Gasteiger partial charge < -0.3 is 20.3 Å². The summed E-state index contributed by atoms with van der Waals surface area (Å²) in [6, 6.07) is -0.709. The Hall–Kier alpha value is -2.44. The Kier molecular flexibility index (Phi) is 38.9. The SMILES string of the molecule is CC/C=C/C=C/C=C/C=C\CCCCCCCC(=O)OC(CCCCC/C=C\CCC)CC(=O)NC(CO)C(O)CCCCCCCCCCCCC. The Morgan fingerprint density at radius 2 is 1.08 bits per heavy atom. The monoisotopic (exact) mass is 742 g/mol. The number of amides is 1. The normalized spacial score (nSPS) is 14.0. The smallest absolute Gasteiger partial charge is 0.306 e. The van der Waals surface area contributed by atoms with Gasteiger partial charge in [-0.1, -0.05) is 184 Å². The Labute approximate surface area is 327 Å². The second kappa shape index (κ2) is 40.7. The van der Waals surface area contributed by atoms with Gasteiger partial charge in [0.2, 0.25) is 5.91 Å². The molecule has 0 radical (unpaired) electrons. The lowest BCUT2D eigenvalue weighted by Crippen LogP contribution is -2.46. The van der Waals surface area contributed by atoms with Gasteiger partial charge in [-0.25, -0.2) is 0 Å². The van der Waals surface area contributed by atoms with Crippen LogP contribution in [0.25, 0.3) is 0 Å². The molecule has 0 fully saturated rings. The summed E-state index contributed by atoms with van der Waals surface area (Å²) in [5.74, 6) is -0.526. The van der Waals surface area contributed by atoms with Crippen LogP contribution in [0.1, 0.15) is 201 Å². The zero-order chi connectivity index (χ0) is 38.9. The molecule has 0 rings (SSSR count). The average molecular weight is 742 g/mol. The summed E-state index contributed by atoms with van der Waals surface area (Å²) in [6.45, 7) is 6.23. The summed E-state index contributed by atoms with van der Waals surface area (Å²) >= 11 is 0. The standard InChI is InChI=1S/C47H83NO5/c1-4-7-10-13-16-19-21-22-23-24-26-28-31-34-37-40-47(52)53-43(38-35-32-29-18-15-12-9-6-3)41-46(51)48-44(42-49)45(50)39-36-33-30-27-25-20-17-14-11-8-5-2/h7,10,12-13,15-16,19,21-23,43-45,49-50H,4-6,8-9,11,14,17-18,20,24-42H2,1-3H3,(H,48,51)/b10-7+,15-12-,16-13+,21-19+,23-22-. The van der Waals surface area contributed by atoms with Crippen molar-refractivity contribution in [1.29, 1.82) is 0 Å². The number of hydrogen-bond donors (Lipinski definition) is 3. The van der Waals surface area contributed by atoms with Crippen LogP contribution >= 0.6 is 0 Å². The minimum Gasteiger partial charge on any atom is -0.462 e. The fourth-order valence-electron chi connectivity index (χ4n) is 6.32. The van der Waals surface area contributed by atoms with E-state index in [1.807, 2.05) is 18.2 Å². The number of esters is 1. The predicted octanol–water partition coefficient (Wildman–Crippen LogP) is 12.5. The van der Waals surface area contributed by atoms with E-state index in [2.05, 4.69) is 68.6 Å². The maximum atomic E-state index is 13.1. The van der Waals surface area contributed by atoms with E-state index in [0.717, 1.165) is 103 Å². The first kappa shape index (κ1) is 50.6. The number of nitrogens with one attached hydrogen (secondary N) is 1. The van der Waals surface area contributed by atoms with E-state index in [-0.39, 0.29) is 24.9 Å². The van der Waals surface area contributed by atoms with Gasteiger partial charge in [0.1, 0.15) is 6.10 Å². The van der Waals surface area contributed by atoms with Gasteiger partial charge >= 0.3 is 5.97 Å². The van der Waals surface area contributed by atoms with E-state index in [1.165, 1.54) is 51.4 Å². The van der Waals surface area contributed by atoms with Crippen LogP contribution in [0.15, 0.2) is 60.8 Å². The molecule has 0 aliphatic rings. The third kappa shape index (κ3) is 36.3. The summed E-state index contributed by atoms with van der Waals surface area (Å²) in [4.78, 5) is 25.9. The van der Waals surface area contributed by atoms with E-state index in [9.17, 15) is 19.8 Å². The molecule has 0 saturated heterocycles. The third-order valence-electron chi connectivity index (χ3n) is 9.66. The number of aliphatic hydroxyl groups is 2. The highest BCUT2D eigenvalue weighted by atomic mass is 16.5. The molecule has 0 heterocycles. The maximum absolute atomic E-state index is 13.1. The van der Waals surface area contributed by atoms with Crippen LogP contribution in [0.2, 0.25) is 0 Å². The summed E-state index contributed by atoms with van der Waals surface area (Å²) in [5, 5.41) is 23.5. The Balaban J connectivity index is 4.56. The molecule has 0 aromatic rings. The number of hydrogen-bond acceptors (Lipinski definition) is 5. The van der Waals surface area contributed by atoms with Crippen molar-refractivity contribution in [3.05, 3.63) is 60.8 Å². The Morgan fingerprint density at radius 1 is 0.566 bits per heavy atom. The fourth-order valence-corrected chi connectivity index (χ4v) is 6.32. The van der Waals surface area contributed by atoms with Gasteiger partial charge in [0.05, 0.1) is 25.2 Å². The lowest BCUT2D eigenvalue weighted by Gasteiger charge is -2.24. The van der Waals surface area contributed by atoms with Crippen molar-refractivity contribution in [2.45, 2.75) is 219 Å². The van der Waals surface area contributed by atoms with Gasteiger partial charge in [-0.2, -0.15) is 0 Å². The quantitative estimate of drug-likeness (QED) is 0.0253. The molecule has 6 nitrogen and oxygen atoms in total. The molecule has 3 unspecified atom stereocenters. The van der Waals surface area contributed by atoms with Crippen molar-refractivity contribution in [3.8, 4) is 0 Å². The molecule has 1 amide bonds. The van der Waals surface area contributed by atoms with Gasteiger partial charge in [-0.3, -0.25) is 9.59 Å². The van der Waals surface area contributed by atoms with Crippen LogP contribution in [0.3, 0.4) is 0 Å². The zero-order valence-corrected chi connectivity index (χ0v) is 34.6. The first-order chi connectivity index (χ1) is 26.0. The van der Waals surface area contributed by atoms with Crippen molar-refractivity contribution >= 4 is 11.9 Å². The number of allylic oxidation sites excluding steroid dienone is 10. The lowest BCUT2D eigenvalue weighted by atomic mass is 10.0. The van der Waals surface area contributed by atoms with Gasteiger partial charge in [-0.15, -0.1) is 0 Å². The minimum absolute atomic E-state index is 0.0543. The molecule has 306 valence electrons. The largest absolute Gasteiger partial charge is 0.462 e. The number of carbonyl (C=O) groups is 2. The molecular weight excluding hydrogens is 659 g/mol. The maximum Gasteiger partial charge on any atom is 0.306 e. The van der Waals surface area contributed by atoms with E-state index >= 15 is 0 Å². The minimum atomic E-state index is -0.794.